The predicted molar refractivity (Wildman–Crippen MR) is 163 cm³/mol. The fourth-order valence-corrected chi connectivity index (χ4v) is 5.95. The van der Waals surface area contributed by atoms with E-state index in [1.54, 1.807) is 73.2 Å². The van der Waals surface area contributed by atoms with Gasteiger partial charge in [-0.1, -0.05) is 53.8 Å². The number of allylic oxidation sites excluding steroid dienone is 1. The first-order valence-electron chi connectivity index (χ1n) is 13.3. The predicted octanol–water partition coefficient (Wildman–Crippen LogP) is 4.84. The maximum atomic E-state index is 13.9. The van der Waals surface area contributed by atoms with Crippen LogP contribution in [0.25, 0.3) is 17.4 Å². The van der Waals surface area contributed by atoms with E-state index in [0.29, 0.717) is 49.1 Å². The first kappa shape index (κ1) is 27.7. The molecule has 6 rings (SSSR count). The maximum absolute atomic E-state index is 13.9. The Morgan fingerprint density at radius 2 is 1.72 bits per heavy atom. The zero-order chi connectivity index (χ0) is 30.1. The Balaban J connectivity index is 1.42. The SMILES string of the molecule is COc1ccc([C@@H]2C(C(=O)Nc3ccccc3)=C(C)N=c3s/c(=C/c4ccc(-c5ccc(C(=O)O)cc5)o4)c(=O)n32)cc1. The number of ether oxygens (including phenoxy) is 1. The van der Waals surface area contributed by atoms with E-state index in [-0.39, 0.29) is 17.0 Å². The summed E-state index contributed by atoms with van der Waals surface area (Å²) in [5.74, 6) is 0.264. The summed E-state index contributed by atoms with van der Waals surface area (Å²) in [6.07, 6.45) is 1.65. The average Bonchev–Trinajstić information content (AvgIpc) is 3.61. The highest BCUT2D eigenvalue weighted by Gasteiger charge is 2.32. The normalized spacial score (nSPS) is 14.7. The van der Waals surface area contributed by atoms with Crippen LogP contribution in [0.15, 0.2) is 116 Å². The standard InChI is InChI=1S/C33H25N3O6S/c1-19-28(30(37)35-23-6-4-3-5-7-23)29(21-12-14-24(41-2)15-13-21)36-31(38)27(43-33(36)34-19)18-25-16-17-26(42-25)20-8-10-22(11-9-20)32(39)40/h3-18,29H,1-2H3,(H,35,37)(H,39,40)/b27-18+/t29-/m1/s1. The number of amides is 1. The third-order valence-corrected chi connectivity index (χ3v) is 8.03. The van der Waals surface area contributed by atoms with Gasteiger partial charge in [0.2, 0.25) is 0 Å². The molecule has 5 aromatic rings. The molecule has 0 saturated carbocycles. The van der Waals surface area contributed by atoms with Gasteiger partial charge in [-0.25, -0.2) is 9.79 Å². The first-order valence-corrected chi connectivity index (χ1v) is 14.1. The summed E-state index contributed by atoms with van der Waals surface area (Å²) >= 11 is 1.21. The number of nitrogens with zero attached hydrogens (tertiary/aromatic N) is 2. The first-order chi connectivity index (χ1) is 20.8. The molecule has 3 heterocycles. The molecule has 1 aliphatic rings. The number of benzene rings is 3. The second-order valence-corrected chi connectivity index (χ2v) is 10.8. The average molecular weight is 592 g/mol. The van der Waals surface area contributed by atoms with Crippen LogP contribution in [0.1, 0.15) is 34.6 Å². The summed E-state index contributed by atoms with van der Waals surface area (Å²) in [4.78, 5) is 43.9. The molecule has 2 N–H and O–H groups in total. The Kier molecular flexibility index (Phi) is 7.35. The Morgan fingerprint density at radius 1 is 1.00 bits per heavy atom. The summed E-state index contributed by atoms with van der Waals surface area (Å²) in [7, 11) is 1.58. The molecule has 1 atom stereocenters. The van der Waals surface area contributed by atoms with Crippen molar-refractivity contribution >= 4 is 35.0 Å². The number of hydrogen-bond acceptors (Lipinski definition) is 7. The Hall–Kier alpha value is -5.48. The lowest BCUT2D eigenvalue weighted by atomic mass is 9.95. The number of furan rings is 1. The lowest BCUT2D eigenvalue weighted by Crippen LogP contribution is -2.40. The molecule has 1 amide bonds. The number of carboxylic acid groups (broad SMARTS) is 1. The molecule has 214 valence electrons. The van der Waals surface area contributed by atoms with Crippen molar-refractivity contribution in [2.24, 2.45) is 4.99 Å². The third-order valence-electron chi connectivity index (χ3n) is 7.05. The van der Waals surface area contributed by atoms with Gasteiger partial charge in [-0.2, -0.15) is 0 Å². The van der Waals surface area contributed by atoms with Gasteiger partial charge in [0, 0.05) is 17.3 Å². The molecule has 10 heteroatoms. The Bertz CT molecular complexity index is 2050. The molecule has 1 aliphatic heterocycles. The van der Waals surface area contributed by atoms with Crippen LogP contribution in [-0.2, 0) is 4.79 Å². The number of carbonyl (C=O) groups excluding carboxylic acids is 1. The molecule has 9 nitrogen and oxygen atoms in total. The summed E-state index contributed by atoms with van der Waals surface area (Å²) in [6.45, 7) is 1.77. The van der Waals surface area contributed by atoms with Crippen molar-refractivity contribution < 1.29 is 23.8 Å². The van der Waals surface area contributed by atoms with Crippen LogP contribution < -0.4 is 24.9 Å². The smallest absolute Gasteiger partial charge is 0.335 e. The summed E-state index contributed by atoms with van der Waals surface area (Å²) in [5.41, 5.74) is 2.79. The van der Waals surface area contributed by atoms with E-state index >= 15 is 0 Å². The number of hydrogen-bond donors (Lipinski definition) is 2. The summed E-state index contributed by atoms with van der Waals surface area (Å²) in [6, 6.07) is 25.5. The molecule has 0 fully saturated rings. The number of aromatic carboxylic acids is 1. The molecule has 0 bridgehead atoms. The van der Waals surface area contributed by atoms with Gasteiger partial charge in [0.15, 0.2) is 4.80 Å². The maximum Gasteiger partial charge on any atom is 0.335 e. The van der Waals surface area contributed by atoms with Crippen molar-refractivity contribution in [1.29, 1.82) is 0 Å². The van der Waals surface area contributed by atoms with Gasteiger partial charge in [0.1, 0.15) is 17.3 Å². The highest BCUT2D eigenvalue weighted by Crippen LogP contribution is 2.32. The van der Waals surface area contributed by atoms with Crippen LogP contribution in [0.3, 0.4) is 0 Å². The molecule has 2 aromatic heterocycles. The van der Waals surface area contributed by atoms with E-state index in [0.717, 1.165) is 5.56 Å². The molecule has 3 aromatic carbocycles. The van der Waals surface area contributed by atoms with Gasteiger partial charge >= 0.3 is 5.97 Å². The molecular formula is C33H25N3O6S. The number of nitrogens with one attached hydrogen (secondary N) is 1. The van der Waals surface area contributed by atoms with E-state index in [1.165, 1.54) is 23.5 Å². The van der Waals surface area contributed by atoms with Gasteiger partial charge in [-0.3, -0.25) is 14.2 Å². The third kappa shape index (κ3) is 5.43. The number of carboxylic acids is 1. The van der Waals surface area contributed by atoms with Crippen LogP contribution in [0, 0.1) is 0 Å². The van der Waals surface area contributed by atoms with Crippen molar-refractivity contribution in [2.45, 2.75) is 13.0 Å². The van der Waals surface area contributed by atoms with Crippen molar-refractivity contribution in [3.8, 4) is 17.1 Å². The minimum Gasteiger partial charge on any atom is -0.497 e. The van der Waals surface area contributed by atoms with Crippen LogP contribution in [0.5, 0.6) is 5.75 Å². The van der Waals surface area contributed by atoms with Gasteiger partial charge < -0.3 is 19.6 Å². The number of methoxy groups -OCH3 is 1. The van der Waals surface area contributed by atoms with E-state index < -0.39 is 12.0 Å². The molecular weight excluding hydrogens is 566 g/mol. The van der Waals surface area contributed by atoms with E-state index in [4.69, 9.17) is 14.3 Å². The second-order valence-electron chi connectivity index (χ2n) is 9.76. The summed E-state index contributed by atoms with van der Waals surface area (Å²) in [5, 5.41) is 12.1. The van der Waals surface area contributed by atoms with Crippen molar-refractivity contribution in [1.82, 2.24) is 4.57 Å². The van der Waals surface area contributed by atoms with Crippen LogP contribution >= 0.6 is 11.3 Å². The fraction of sp³-hybridized carbons (Fsp3) is 0.0909. The fourth-order valence-electron chi connectivity index (χ4n) is 4.93. The monoisotopic (exact) mass is 591 g/mol. The van der Waals surface area contributed by atoms with Crippen molar-refractivity contribution in [3.63, 3.8) is 0 Å². The van der Waals surface area contributed by atoms with E-state index in [2.05, 4.69) is 10.3 Å². The largest absolute Gasteiger partial charge is 0.497 e. The van der Waals surface area contributed by atoms with Gasteiger partial charge in [0.05, 0.1) is 34.5 Å². The topological polar surface area (TPSA) is 123 Å². The summed E-state index contributed by atoms with van der Waals surface area (Å²) < 4.78 is 13.2. The second kappa shape index (κ2) is 11.4. The number of fused-ring (bicyclic) bond motifs is 1. The number of anilines is 1. The highest BCUT2D eigenvalue weighted by atomic mass is 32.1. The number of rotatable bonds is 7. The number of para-hydroxylation sites is 1. The number of carbonyl (C=O) groups is 2. The number of aromatic nitrogens is 1. The van der Waals surface area contributed by atoms with Crippen molar-refractivity contribution in [2.75, 3.05) is 12.4 Å². The lowest BCUT2D eigenvalue weighted by Gasteiger charge is -2.25. The molecule has 43 heavy (non-hydrogen) atoms. The lowest BCUT2D eigenvalue weighted by molar-refractivity contribution is -0.113. The minimum absolute atomic E-state index is 0.176. The van der Waals surface area contributed by atoms with Gasteiger partial charge in [-0.15, -0.1) is 0 Å². The molecule has 0 aliphatic carbocycles. The Morgan fingerprint density at radius 3 is 2.40 bits per heavy atom. The highest BCUT2D eigenvalue weighted by molar-refractivity contribution is 7.07. The molecule has 0 radical (unpaired) electrons. The molecule has 0 unspecified atom stereocenters. The van der Waals surface area contributed by atoms with Crippen LogP contribution in [0.4, 0.5) is 5.69 Å². The van der Waals surface area contributed by atoms with Gasteiger partial charge in [-0.05, 0) is 61.0 Å². The molecule has 0 spiro atoms. The van der Waals surface area contributed by atoms with Crippen LogP contribution in [-0.4, -0.2) is 28.7 Å². The zero-order valence-electron chi connectivity index (χ0n) is 23.1. The van der Waals surface area contributed by atoms with Crippen molar-refractivity contribution in [3.05, 3.63) is 139 Å². The van der Waals surface area contributed by atoms with E-state index in [9.17, 15) is 14.4 Å². The zero-order valence-corrected chi connectivity index (χ0v) is 23.9. The van der Waals surface area contributed by atoms with E-state index in [1.807, 2.05) is 30.3 Å². The van der Waals surface area contributed by atoms with Gasteiger partial charge in [0.25, 0.3) is 11.5 Å². The van der Waals surface area contributed by atoms with Crippen LogP contribution in [0.2, 0.25) is 0 Å². The number of thiazole rings is 1. The quantitative estimate of drug-likeness (QED) is 0.279. The Labute approximate surface area is 249 Å². The minimum atomic E-state index is -1.01. The molecule has 0 saturated heterocycles.